The van der Waals surface area contributed by atoms with E-state index in [1.165, 1.54) is 17.7 Å². The summed E-state index contributed by atoms with van der Waals surface area (Å²) in [6.45, 7) is 4.94. The molecule has 172 valence electrons. The van der Waals surface area contributed by atoms with Crippen molar-refractivity contribution < 1.29 is 13.9 Å². The molecule has 0 saturated carbocycles. The minimum absolute atomic E-state index is 0.230. The van der Waals surface area contributed by atoms with Gasteiger partial charge in [0.25, 0.3) is 5.91 Å². The van der Waals surface area contributed by atoms with E-state index in [1.807, 2.05) is 19.1 Å². The van der Waals surface area contributed by atoms with Gasteiger partial charge in [-0.05, 0) is 61.7 Å². The molecule has 1 atom stereocenters. The summed E-state index contributed by atoms with van der Waals surface area (Å²) in [6, 6.07) is 14.2. The number of nitrogens with one attached hydrogen (secondary N) is 1. The van der Waals surface area contributed by atoms with E-state index in [2.05, 4.69) is 32.3 Å². The van der Waals surface area contributed by atoms with Gasteiger partial charge in [0, 0.05) is 31.7 Å². The molecule has 1 aliphatic rings. The number of aromatic nitrogens is 2. The van der Waals surface area contributed by atoms with Crippen molar-refractivity contribution in [1.29, 1.82) is 0 Å². The number of likely N-dealkylation sites (tertiary alicyclic amines) is 1. The molecule has 1 aliphatic heterocycles. The number of carbonyl (C=O) groups is 1. The van der Waals surface area contributed by atoms with Gasteiger partial charge in [0.1, 0.15) is 17.4 Å². The number of aryl methyl sites for hydroxylation is 1. The average molecular weight is 449 g/mol. The summed E-state index contributed by atoms with van der Waals surface area (Å²) in [4.78, 5) is 24.3. The standard InChI is InChI=1S/C26H29FN4O2/c1-18-24(26(32)29-14-19-8-10-22(27)11-9-19)15-28-25(30-18)21-6-4-12-31(17-21)16-20-5-3-7-23(13-20)33-2/h3,5,7-11,13,15,21H,4,6,12,14,16-17H2,1-2H3,(H,29,32). The highest BCUT2D eigenvalue weighted by Crippen LogP contribution is 2.26. The van der Waals surface area contributed by atoms with Gasteiger partial charge < -0.3 is 10.1 Å². The van der Waals surface area contributed by atoms with Crippen molar-refractivity contribution in [2.24, 2.45) is 0 Å². The molecule has 0 radical (unpaired) electrons. The van der Waals surface area contributed by atoms with Crippen LogP contribution >= 0.6 is 0 Å². The molecular weight excluding hydrogens is 419 g/mol. The molecule has 6 nitrogen and oxygen atoms in total. The molecule has 3 aromatic rings. The molecule has 1 N–H and O–H groups in total. The Morgan fingerprint density at radius 1 is 1.21 bits per heavy atom. The lowest BCUT2D eigenvalue weighted by molar-refractivity contribution is 0.0949. The first kappa shape index (κ1) is 22.9. The maximum Gasteiger partial charge on any atom is 0.254 e. The van der Waals surface area contributed by atoms with Crippen LogP contribution in [0.15, 0.2) is 54.7 Å². The van der Waals surface area contributed by atoms with Gasteiger partial charge in [-0.2, -0.15) is 0 Å². The Morgan fingerprint density at radius 3 is 2.79 bits per heavy atom. The highest BCUT2D eigenvalue weighted by atomic mass is 19.1. The Bertz CT molecular complexity index is 1100. The number of ether oxygens (including phenoxy) is 1. The van der Waals surface area contributed by atoms with Crippen LogP contribution in [-0.4, -0.2) is 41.0 Å². The monoisotopic (exact) mass is 448 g/mol. The molecule has 0 spiro atoms. The van der Waals surface area contributed by atoms with Crippen molar-refractivity contribution in [1.82, 2.24) is 20.2 Å². The normalized spacial score (nSPS) is 16.4. The third-order valence-corrected chi connectivity index (χ3v) is 6.02. The fraction of sp³-hybridized carbons (Fsp3) is 0.346. The maximum atomic E-state index is 13.0. The zero-order valence-electron chi connectivity index (χ0n) is 19.1. The van der Waals surface area contributed by atoms with Gasteiger partial charge in [-0.15, -0.1) is 0 Å². The van der Waals surface area contributed by atoms with Gasteiger partial charge >= 0.3 is 0 Å². The van der Waals surface area contributed by atoms with E-state index in [1.54, 1.807) is 25.4 Å². The van der Waals surface area contributed by atoms with Gasteiger partial charge in [-0.1, -0.05) is 24.3 Å². The second kappa shape index (κ2) is 10.5. The quantitative estimate of drug-likeness (QED) is 0.586. The summed E-state index contributed by atoms with van der Waals surface area (Å²) in [6.07, 6.45) is 3.74. The molecule has 33 heavy (non-hydrogen) atoms. The number of amides is 1. The summed E-state index contributed by atoms with van der Waals surface area (Å²) in [5.41, 5.74) is 3.19. The summed E-state index contributed by atoms with van der Waals surface area (Å²) < 4.78 is 18.4. The van der Waals surface area contributed by atoms with Crippen LogP contribution in [0.5, 0.6) is 5.75 Å². The van der Waals surface area contributed by atoms with Crippen molar-refractivity contribution >= 4 is 5.91 Å². The number of carbonyl (C=O) groups excluding carboxylic acids is 1. The third kappa shape index (κ3) is 5.93. The Hall–Kier alpha value is -3.32. The summed E-state index contributed by atoms with van der Waals surface area (Å²) >= 11 is 0. The van der Waals surface area contributed by atoms with Crippen LogP contribution in [0.3, 0.4) is 0 Å². The van der Waals surface area contributed by atoms with E-state index in [4.69, 9.17) is 4.74 Å². The Labute approximate surface area is 193 Å². The fourth-order valence-corrected chi connectivity index (χ4v) is 4.22. The average Bonchev–Trinajstić information content (AvgIpc) is 2.83. The van der Waals surface area contributed by atoms with E-state index >= 15 is 0 Å². The Morgan fingerprint density at radius 2 is 2.03 bits per heavy atom. The molecule has 0 bridgehead atoms. The van der Waals surface area contributed by atoms with Crippen LogP contribution in [0.25, 0.3) is 0 Å². The highest BCUT2D eigenvalue weighted by Gasteiger charge is 2.24. The predicted molar refractivity (Wildman–Crippen MR) is 125 cm³/mol. The number of rotatable bonds is 7. The van der Waals surface area contributed by atoms with Crippen LogP contribution in [0, 0.1) is 12.7 Å². The summed E-state index contributed by atoms with van der Waals surface area (Å²) in [5.74, 6) is 1.37. The first-order valence-corrected chi connectivity index (χ1v) is 11.2. The van der Waals surface area contributed by atoms with E-state index in [0.29, 0.717) is 17.8 Å². The van der Waals surface area contributed by atoms with E-state index in [0.717, 1.165) is 49.6 Å². The number of benzene rings is 2. The molecule has 4 rings (SSSR count). The molecule has 2 aromatic carbocycles. The van der Waals surface area contributed by atoms with Gasteiger partial charge in [0.15, 0.2) is 0 Å². The molecule has 7 heteroatoms. The molecule has 1 saturated heterocycles. The number of hydrogen-bond acceptors (Lipinski definition) is 5. The third-order valence-electron chi connectivity index (χ3n) is 6.02. The topological polar surface area (TPSA) is 67.3 Å². The SMILES string of the molecule is COc1cccc(CN2CCCC(c3ncc(C(=O)NCc4ccc(F)cc4)c(C)n3)C2)c1. The van der Waals surface area contributed by atoms with Gasteiger partial charge in [-0.3, -0.25) is 9.69 Å². The number of piperidine rings is 1. The van der Waals surface area contributed by atoms with Crippen LogP contribution in [0.1, 0.15) is 51.8 Å². The molecule has 2 heterocycles. The summed E-state index contributed by atoms with van der Waals surface area (Å²) in [5, 5.41) is 2.86. The van der Waals surface area contributed by atoms with Crippen molar-refractivity contribution in [2.45, 2.75) is 38.8 Å². The smallest absolute Gasteiger partial charge is 0.254 e. The highest BCUT2D eigenvalue weighted by molar-refractivity contribution is 5.94. The van der Waals surface area contributed by atoms with Crippen molar-refractivity contribution in [3.8, 4) is 5.75 Å². The van der Waals surface area contributed by atoms with Crippen LogP contribution < -0.4 is 10.1 Å². The van der Waals surface area contributed by atoms with Crippen molar-refractivity contribution in [2.75, 3.05) is 20.2 Å². The fourth-order valence-electron chi connectivity index (χ4n) is 4.22. The van der Waals surface area contributed by atoms with Crippen LogP contribution in [0.4, 0.5) is 4.39 Å². The maximum absolute atomic E-state index is 13.0. The molecule has 1 amide bonds. The van der Waals surface area contributed by atoms with Gasteiger partial charge in [-0.25, -0.2) is 14.4 Å². The second-order valence-electron chi connectivity index (χ2n) is 8.46. The lowest BCUT2D eigenvalue weighted by Crippen LogP contribution is -2.34. The zero-order valence-corrected chi connectivity index (χ0v) is 19.1. The van der Waals surface area contributed by atoms with Gasteiger partial charge in [0.05, 0.1) is 18.4 Å². The van der Waals surface area contributed by atoms with E-state index in [-0.39, 0.29) is 17.6 Å². The zero-order chi connectivity index (χ0) is 23.2. The molecule has 1 unspecified atom stereocenters. The number of hydrogen-bond donors (Lipinski definition) is 1. The second-order valence-corrected chi connectivity index (χ2v) is 8.46. The molecule has 1 aromatic heterocycles. The number of halogens is 1. The minimum Gasteiger partial charge on any atom is -0.497 e. The van der Waals surface area contributed by atoms with Crippen LogP contribution in [0.2, 0.25) is 0 Å². The molecular formula is C26H29FN4O2. The largest absolute Gasteiger partial charge is 0.497 e. The molecule has 0 aliphatic carbocycles. The van der Waals surface area contributed by atoms with E-state index in [9.17, 15) is 9.18 Å². The first-order chi connectivity index (χ1) is 16.0. The minimum atomic E-state index is -0.297. The lowest BCUT2D eigenvalue weighted by atomic mass is 9.96. The summed E-state index contributed by atoms with van der Waals surface area (Å²) in [7, 11) is 1.68. The first-order valence-electron chi connectivity index (χ1n) is 11.2. The number of methoxy groups -OCH3 is 1. The lowest BCUT2D eigenvalue weighted by Gasteiger charge is -2.32. The Balaban J connectivity index is 1.38. The van der Waals surface area contributed by atoms with E-state index < -0.39 is 0 Å². The molecule has 1 fully saturated rings. The number of nitrogens with zero attached hydrogens (tertiary/aromatic N) is 3. The van der Waals surface area contributed by atoms with Crippen molar-refractivity contribution in [3.05, 3.63) is 88.8 Å². The predicted octanol–water partition coefficient (Wildman–Crippen LogP) is 4.24. The van der Waals surface area contributed by atoms with Gasteiger partial charge in [0.2, 0.25) is 0 Å². The van der Waals surface area contributed by atoms with Crippen LogP contribution in [-0.2, 0) is 13.1 Å². The Kier molecular flexibility index (Phi) is 7.29. The van der Waals surface area contributed by atoms with Crippen molar-refractivity contribution in [3.63, 3.8) is 0 Å².